The second-order valence-corrected chi connectivity index (χ2v) is 4.26. The van der Waals surface area contributed by atoms with E-state index in [0.29, 0.717) is 23.1 Å². The molecule has 0 fully saturated rings. The first kappa shape index (κ1) is 14.1. The molecule has 0 aliphatic carbocycles. The summed E-state index contributed by atoms with van der Waals surface area (Å²) in [7, 11) is 3.15. The first-order chi connectivity index (χ1) is 9.64. The van der Waals surface area contributed by atoms with Crippen LogP contribution in [-0.2, 0) is 6.61 Å². The van der Waals surface area contributed by atoms with Crippen LogP contribution in [0.25, 0.3) is 0 Å². The van der Waals surface area contributed by atoms with Crippen molar-refractivity contribution in [3.05, 3.63) is 41.6 Å². The number of ether oxygens (including phenoxy) is 3. The third kappa shape index (κ3) is 3.39. The minimum absolute atomic E-state index is 0.0544. The van der Waals surface area contributed by atoms with Gasteiger partial charge in [-0.05, 0) is 18.6 Å². The number of nitrogens with zero attached hydrogens (tertiary/aromatic N) is 1. The molecule has 0 atom stereocenters. The summed E-state index contributed by atoms with van der Waals surface area (Å²) in [5.74, 6) is 2.25. The number of hydrogen-bond donors (Lipinski definition) is 1. The number of pyridine rings is 1. The Morgan fingerprint density at radius 1 is 0.950 bits per heavy atom. The van der Waals surface area contributed by atoms with Gasteiger partial charge in [-0.25, -0.2) is 4.98 Å². The Bertz CT molecular complexity index is 576. The molecule has 1 heterocycles. The lowest BCUT2D eigenvalue weighted by Crippen LogP contribution is -1.95. The summed E-state index contributed by atoms with van der Waals surface area (Å²) in [5, 5.41) is 9.19. The largest absolute Gasteiger partial charge is 0.496 e. The van der Waals surface area contributed by atoms with E-state index in [2.05, 4.69) is 4.98 Å². The number of aryl methyl sites for hydroxylation is 1. The summed E-state index contributed by atoms with van der Waals surface area (Å²) in [6.07, 6.45) is 0. The summed E-state index contributed by atoms with van der Waals surface area (Å²) < 4.78 is 16.1. The molecule has 106 valence electrons. The van der Waals surface area contributed by atoms with Crippen LogP contribution in [0.5, 0.6) is 23.1 Å². The standard InChI is InChI=1S/C15H17NO4/c1-10-4-11(9-17)5-15(16-10)20-14-7-12(18-2)6-13(8-14)19-3/h4-8,17H,9H2,1-3H3. The molecule has 0 saturated carbocycles. The molecular weight excluding hydrogens is 258 g/mol. The van der Waals surface area contributed by atoms with Crippen LogP contribution in [0.1, 0.15) is 11.3 Å². The molecule has 0 aliphatic rings. The van der Waals surface area contributed by atoms with Gasteiger partial charge in [0.1, 0.15) is 17.2 Å². The van der Waals surface area contributed by atoms with Crippen LogP contribution in [0.15, 0.2) is 30.3 Å². The molecule has 2 aromatic rings. The monoisotopic (exact) mass is 275 g/mol. The normalized spacial score (nSPS) is 10.2. The highest BCUT2D eigenvalue weighted by atomic mass is 16.5. The lowest BCUT2D eigenvalue weighted by Gasteiger charge is -2.10. The Morgan fingerprint density at radius 2 is 1.55 bits per heavy atom. The molecule has 1 N–H and O–H groups in total. The number of rotatable bonds is 5. The molecule has 0 unspecified atom stereocenters. The van der Waals surface area contributed by atoms with E-state index in [1.165, 1.54) is 0 Å². The van der Waals surface area contributed by atoms with Gasteiger partial charge in [-0.3, -0.25) is 0 Å². The van der Waals surface area contributed by atoms with Crippen molar-refractivity contribution >= 4 is 0 Å². The van der Waals surface area contributed by atoms with Crippen molar-refractivity contribution in [3.8, 4) is 23.1 Å². The minimum Gasteiger partial charge on any atom is -0.496 e. The third-order valence-corrected chi connectivity index (χ3v) is 2.72. The van der Waals surface area contributed by atoms with Gasteiger partial charge in [-0.1, -0.05) is 0 Å². The summed E-state index contributed by atoms with van der Waals surface area (Å²) in [6, 6.07) is 8.74. The first-order valence-corrected chi connectivity index (χ1v) is 6.14. The van der Waals surface area contributed by atoms with E-state index in [9.17, 15) is 5.11 Å². The zero-order valence-electron chi connectivity index (χ0n) is 11.7. The van der Waals surface area contributed by atoms with Crippen molar-refractivity contribution in [1.82, 2.24) is 4.98 Å². The van der Waals surface area contributed by atoms with Gasteiger partial charge in [0.25, 0.3) is 0 Å². The zero-order valence-corrected chi connectivity index (χ0v) is 11.7. The Morgan fingerprint density at radius 3 is 2.10 bits per heavy atom. The van der Waals surface area contributed by atoms with Gasteiger partial charge in [-0.2, -0.15) is 0 Å². The highest BCUT2D eigenvalue weighted by molar-refractivity contribution is 5.43. The summed E-state index contributed by atoms with van der Waals surface area (Å²) >= 11 is 0. The van der Waals surface area contributed by atoms with Gasteiger partial charge >= 0.3 is 0 Å². The lowest BCUT2D eigenvalue weighted by atomic mass is 10.2. The highest BCUT2D eigenvalue weighted by Crippen LogP contribution is 2.30. The Labute approximate surface area is 117 Å². The molecule has 2 rings (SSSR count). The maximum Gasteiger partial charge on any atom is 0.219 e. The molecule has 1 aromatic heterocycles. The van der Waals surface area contributed by atoms with Crippen LogP contribution >= 0.6 is 0 Å². The highest BCUT2D eigenvalue weighted by Gasteiger charge is 2.06. The van der Waals surface area contributed by atoms with Crippen LogP contribution in [0.2, 0.25) is 0 Å². The second-order valence-electron chi connectivity index (χ2n) is 4.26. The van der Waals surface area contributed by atoms with Crippen molar-refractivity contribution in [3.63, 3.8) is 0 Å². The maximum absolute atomic E-state index is 9.19. The van der Waals surface area contributed by atoms with Gasteiger partial charge < -0.3 is 19.3 Å². The third-order valence-electron chi connectivity index (χ3n) is 2.72. The van der Waals surface area contributed by atoms with Crippen molar-refractivity contribution in [2.45, 2.75) is 13.5 Å². The molecular formula is C15H17NO4. The number of aliphatic hydroxyl groups excluding tert-OH is 1. The zero-order chi connectivity index (χ0) is 14.5. The van der Waals surface area contributed by atoms with Crippen molar-refractivity contribution in [2.24, 2.45) is 0 Å². The number of aliphatic hydroxyl groups is 1. The van der Waals surface area contributed by atoms with Gasteiger partial charge in [0.2, 0.25) is 5.88 Å². The molecule has 0 aliphatic heterocycles. The predicted molar refractivity (Wildman–Crippen MR) is 74.5 cm³/mol. The van der Waals surface area contributed by atoms with E-state index < -0.39 is 0 Å². The average Bonchev–Trinajstić information content (AvgIpc) is 2.46. The van der Waals surface area contributed by atoms with Gasteiger partial charge in [0.15, 0.2) is 0 Å². The van der Waals surface area contributed by atoms with Crippen LogP contribution < -0.4 is 14.2 Å². The lowest BCUT2D eigenvalue weighted by molar-refractivity contribution is 0.281. The topological polar surface area (TPSA) is 60.8 Å². The molecule has 0 radical (unpaired) electrons. The van der Waals surface area contributed by atoms with Crippen molar-refractivity contribution in [1.29, 1.82) is 0 Å². The Balaban J connectivity index is 2.31. The van der Waals surface area contributed by atoms with E-state index in [4.69, 9.17) is 14.2 Å². The fourth-order valence-corrected chi connectivity index (χ4v) is 1.81. The van der Waals surface area contributed by atoms with Crippen LogP contribution in [0.4, 0.5) is 0 Å². The van der Waals surface area contributed by atoms with Gasteiger partial charge in [-0.15, -0.1) is 0 Å². The molecule has 5 nitrogen and oxygen atoms in total. The average molecular weight is 275 g/mol. The number of aromatic nitrogens is 1. The SMILES string of the molecule is COc1cc(OC)cc(Oc2cc(CO)cc(C)n2)c1. The summed E-state index contributed by atoms with van der Waals surface area (Å²) in [5.41, 5.74) is 1.53. The molecule has 0 amide bonds. The fourth-order valence-electron chi connectivity index (χ4n) is 1.81. The quantitative estimate of drug-likeness (QED) is 0.909. The van der Waals surface area contributed by atoms with E-state index in [0.717, 1.165) is 11.3 Å². The Kier molecular flexibility index (Phi) is 4.42. The van der Waals surface area contributed by atoms with Gasteiger partial charge in [0, 0.05) is 30.0 Å². The fraction of sp³-hybridized carbons (Fsp3) is 0.267. The summed E-state index contributed by atoms with van der Waals surface area (Å²) in [4.78, 5) is 4.27. The maximum atomic E-state index is 9.19. The molecule has 1 aromatic carbocycles. The molecule has 20 heavy (non-hydrogen) atoms. The number of benzene rings is 1. The van der Waals surface area contributed by atoms with E-state index in [1.807, 2.05) is 6.92 Å². The van der Waals surface area contributed by atoms with Crippen molar-refractivity contribution in [2.75, 3.05) is 14.2 Å². The van der Waals surface area contributed by atoms with Gasteiger partial charge in [0.05, 0.1) is 20.8 Å². The molecule has 0 saturated heterocycles. The van der Waals surface area contributed by atoms with E-state index in [1.54, 1.807) is 44.6 Å². The van der Waals surface area contributed by atoms with Crippen LogP contribution in [-0.4, -0.2) is 24.3 Å². The van der Waals surface area contributed by atoms with E-state index in [-0.39, 0.29) is 6.61 Å². The number of methoxy groups -OCH3 is 2. The van der Waals surface area contributed by atoms with E-state index >= 15 is 0 Å². The first-order valence-electron chi connectivity index (χ1n) is 6.14. The van der Waals surface area contributed by atoms with Crippen molar-refractivity contribution < 1.29 is 19.3 Å². The smallest absolute Gasteiger partial charge is 0.219 e. The molecule has 0 spiro atoms. The number of hydrogen-bond acceptors (Lipinski definition) is 5. The second kappa shape index (κ2) is 6.25. The van der Waals surface area contributed by atoms with Crippen LogP contribution in [0.3, 0.4) is 0 Å². The molecule has 0 bridgehead atoms. The van der Waals surface area contributed by atoms with Crippen LogP contribution in [0, 0.1) is 6.92 Å². The predicted octanol–water partition coefficient (Wildman–Crippen LogP) is 2.69. The molecule has 5 heteroatoms. The minimum atomic E-state index is -0.0544. The Hall–Kier alpha value is -2.27. The summed E-state index contributed by atoms with van der Waals surface area (Å²) in [6.45, 7) is 1.79.